The van der Waals surface area contributed by atoms with Crippen LogP contribution >= 0.6 is 0 Å². The number of carbonyl (C=O) groups excluding carboxylic acids is 1. The molecule has 86 valence electrons. The molecule has 0 amide bonds. The lowest BCUT2D eigenvalue weighted by Crippen LogP contribution is -2.46. The topological polar surface area (TPSA) is 88.2 Å². The van der Waals surface area contributed by atoms with E-state index in [0.717, 1.165) is 12.8 Å². The van der Waals surface area contributed by atoms with E-state index < -0.39 is 0 Å². The van der Waals surface area contributed by atoms with Crippen LogP contribution in [-0.4, -0.2) is 41.7 Å². The molecule has 0 aliphatic carbocycles. The number of nitrogens with two attached hydrogens (primary N) is 1. The third-order valence-corrected chi connectivity index (χ3v) is 2.47. The number of oxime groups is 1. The molecule has 1 rings (SSSR count). The van der Waals surface area contributed by atoms with E-state index in [9.17, 15) is 4.79 Å². The molecule has 1 unspecified atom stereocenters. The van der Waals surface area contributed by atoms with Crippen molar-refractivity contribution in [1.82, 2.24) is 4.90 Å². The number of guanidine groups is 1. The molecular weight excluding hydrogens is 198 g/mol. The van der Waals surface area contributed by atoms with E-state index in [1.807, 2.05) is 0 Å². The summed E-state index contributed by atoms with van der Waals surface area (Å²) in [5, 5.41) is 11.4. The molecule has 1 fully saturated rings. The molecule has 6 heteroatoms. The van der Waals surface area contributed by atoms with Crippen LogP contribution in [0.15, 0.2) is 5.16 Å². The summed E-state index contributed by atoms with van der Waals surface area (Å²) in [7, 11) is 0. The van der Waals surface area contributed by atoms with Crippen molar-refractivity contribution < 1.29 is 14.7 Å². The van der Waals surface area contributed by atoms with Gasteiger partial charge in [-0.1, -0.05) is 5.16 Å². The van der Waals surface area contributed by atoms with Gasteiger partial charge in [-0.05, 0) is 19.8 Å². The summed E-state index contributed by atoms with van der Waals surface area (Å²) in [5.74, 6) is -0.309. The zero-order valence-electron chi connectivity index (χ0n) is 8.85. The van der Waals surface area contributed by atoms with E-state index in [1.54, 1.807) is 11.8 Å². The van der Waals surface area contributed by atoms with Crippen molar-refractivity contribution in [2.75, 3.05) is 19.7 Å². The molecule has 0 aromatic heterocycles. The fraction of sp³-hybridized carbons (Fsp3) is 0.778. The van der Waals surface area contributed by atoms with Gasteiger partial charge in [0.1, 0.15) is 0 Å². The van der Waals surface area contributed by atoms with Crippen molar-refractivity contribution in [2.45, 2.75) is 19.8 Å². The molecule has 0 aromatic rings. The Labute approximate surface area is 88.7 Å². The van der Waals surface area contributed by atoms with Gasteiger partial charge < -0.3 is 20.6 Å². The summed E-state index contributed by atoms with van der Waals surface area (Å²) in [6, 6.07) is 0. The maximum Gasteiger partial charge on any atom is 0.310 e. The van der Waals surface area contributed by atoms with Crippen LogP contribution in [0.4, 0.5) is 0 Å². The number of esters is 1. The second-order valence-electron chi connectivity index (χ2n) is 3.50. The van der Waals surface area contributed by atoms with Crippen LogP contribution in [0.3, 0.4) is 0 Å². The van der Waals surface area contributed by atoms with Gasteiger partial charge in [-0.15, -0.1) is 0 Å². The van der Waals surface area contributed by atoms with Gasteiger partial charge in [0, 0.05) is 13.1 Å². The molecule has 1 saturated heterocycles. The number of nitrogens with zero attached hydrogens (tertiary/aromatic N) is 2. The number of hydrogen-bond acceptors (Lipinski definition) is 4. The number of ether oxygens (including phenoxy) is 1. The van der Waals surface area contributed by atoms with E-state index in [0.29, 0.717) is 19.7 Å². The van der Waals surface area contributed by atoms with Crippen molar-refractivity contribution in [1.29, 1.82) is 0 Å². The van der Waals surface area contributed by atoms with Crippen LogP contribution in [0.2, 0.25) is 0 Å². The Morgan fingerprint density at radius 2 is 2.47 bits per heavy atom. The summed E-state index contributed by atoms with van der Waals surface area (Å²) < 4.78 is 4.93. The van der Waals surface area contributed by atoms with Gasteiger partial charge in [0.2, 0.25) is 5.96 Å². The number of likely N-dealkylation sites (tertiary alicyclic amines) is 1. The first kappa shape index (κ1) is 11.6. The highest BCUT2D eigenvalue weighted by Gasteiger charge is 2.27. The molecule has 1 aliphatic heterocycles. The fourth-order valence-corrected chi connectivity index (χ4v) is 1.70. The first-order valence-electron chi connectivity index (χ1n) is 5.08. The molecule has 0 aromatic carbocycles. The minimum Gasteiger partial charge on any atom is -0.466 e. The van der Waals surface area contributed by atoms with Gasteiger partial charge in [-0.3, -0.25) is 4.79 Å². The maximum atomic E-state index is 11.5. The Morgan fingerprint density at radius 1 is 1.73 bits per heavy atom. The highest BCUT2D eigenvalue weighted by atomic mass is 16.5. The Hall–Kier alpha value is -1.46. The lowest BCUT2D eigenvalue weighted by Gasteiger charge is -2.31. The van der Waals surface area contributed by atoms with Crippen molar-refractivity contribution in [3.8, 4) is 0 Å². The van der Waals surface area contributed by atoms with Gasteiger partial charge in [-0.25, -0.2) is 0 Å². The molecule has 0 saturated carbocycles. The zero-order valence-corrected chi connectivity index (χ0v) is 8.85. The average Bonchev–Trinajstić information content (AvgIpc) is 2.28. The number of carbonyl (C=O) groups is 1. The minimum absolute atomic E-state index is 0.0593. The molecule has 1 atom stereocenters. The van der Waals surface area contributed by atoms with Gasteiger partial charge in [0.05, 0.1) is 12.5 Å². The number of rotatable bonds is 2. The van der Waals surface area contributed by atoms with Crippen molar-refractivity contribution in [2.24, 2.45) is 16.8 Å². The average molecular weight is 215 g/mol. The van der Waals surface area contributed by atoms with Gasteiger partial charge in [0.25, 0.3) is 0 Å². The minimum atomic E-state index is -0.201. The van der Waals surface area contributed by atoms with Crippen LogP contribution in [-0.2, 0) is 9.53 Å². The largest absolute Gasteiger partial charge is 0.466 e. The molecule has 1 aliphatic rings. The number of hydrogen-bond donors (Lipinski definition) is 2. The van der Waals surface area contributed by atoms with E-state index in [1.165, 1.54) is 0 Å². The molecular formula is C9H17N3O3. The summed E-state index contributed by atoms with van der Waals surface area (Å²) in [4.78, 5) is 13.1. The molecule has 15 heavy (non-hydrogen) atoms. The lowest BCUT2D eigenvalue weighted by atomic mass is 9.98. The first-order chi connectivity index (χ1) is 7.19. The van der Waals surface area contributed by atoms with Crippen LogP contribution in [0, 0.1) is 5.92 Å². The lowest BCUT2D eigenvalue weighted by molar-refractivity contribution is -0.149. The van der Waals surface area contributed by atoms with Crippen molar-refractivity contribution in [3.05, 3.63) is 0 Å². The highest BCUT2D eigenvalue weighted by Crippen LogP contribution is 2.17. The molecule has 0 bridgehead atoms. The Kier molecular flexibility index (Phi) is 4.20. The fourth-order valence-electron chi connectivity index (χ4n) is 1.70. The van der Waals surface area contributed by atoms with Crippen LogP contribution in [0.1, 0.15) is 19.8 Å². The van der Waals surface area contributed by atoms with Gasteiger partial charge >= 0.3 is 5.97 Å². The van der Waals surface area contributed by atoms with Gasteiger partial charge in [0.15, 0.2) is 0 Å². The molecule has 0 spiro atoms. The molecule has 0 radical (unpaired) electrons. The third kappa shape index (κ3) is 3.00. The van der Waals surface area contributed by atoms with Gasteiger partial charge in [-0.2, -0.15) is 0 Å². The smallest absolute Gasteiger partial charge is 0.310 e. The highest BCUT2D eigenvalue weighted by molar-refractivity contribution is 5.79. The predicted molar refractivity (Wildman–Crippen MR) is 54.3 cm³/mol. The first-order valence-corrected chi connectivity index (χ1v) is 5.08. The van der Waals surface area contributed by atoms with E-state index in [-0.39, 0.29) is 17.8 Å². The number of piperidine rings is 1. The summed E-state index contributed by atoms with van der Waals surface area (Å²) in [6.45, 7) is 3.35. The molecule has 3 N–H and O–H groups in total. The third-order valence-electron chi connectivity index (χ3n) is 2.47. The standard InChI is InChI=1S/C9H17N3O3/c1-2-15-8(13)7-4-3-5-12(6-7)9(10)11-14/h7,14H,2-6H2,1H3,(H2,10,11). The van der Waals surface area contributed by atoms with E-state index in [4.69, 9.17) is 15.7 Å². The zero-order chi connectivity index (χ0) is 11.3. The SMILES string of the molecule is CCOC(=O)C1CCCN(/C(N)=N/O)C1. The Balaban J connectivity index is 2.52. The monoisotopic (exact) mass is 215 g/mol. The maximum absolute atomic E-state index is 11.5. The quantitative estimate of drug-likeness (QED) is 0.222. The second kappa shape index (κ2) is 5.43. The Morgan fingerprint density at radius 3 is 3.07 bits per heavy atom. The van der Waals surface area contributed by atoms with Crippen molar-refractivity contribution in [3.63, 3.8) is 0 Å². The summed E-state index contributed by atoms with van der Waals surface area (Å²) >= 11 is 0. The normalized spacial score (nSPS) is 22.6. The summed E-state index contributed by atoms with van der Waals surface area (Å²) in [5.41, 5.74) is 5.46. The van der Waals surface area contributed by atoms with Crippen molar-refractivity contribution >= 4 is 11.9 Å². The van der Waals surface area contributed by atoms with Crippen LogP contribution < -0.4 is 5.73 Å². The summed E-state index contributed by atoms with van der Waals surface area (Å²) in [6.07, 6.45) is 1.65. The second-order valence-corrected chi connectivity index (χ2v) is 3.50. The van der Waals surface area contributed by atoms with E-state index >= 15 is 0 Å². The van der Waals surface area contributed by atoms with Crippen LogP contribution in [0.5, 0.6) is 0 Å². The van der Waals surface area contributed by atoms with Crippen LogP contribution in [0.25, 0.3) is 0 Å². The predicted octanol–water partition coefficient (Wildman–Crippen LogP) is -0.0346. The molecule has 1 heterocycles. The molecule has 6 nitrogen and oxygen atoms in total. The Bertz CT molecular complexity index is 255. The van der Waals surface area contributed by atoms with E-state index in [2.05, 4.69) is 5.16 Å².